The molecule has 0 radical (unpaired) electrons. The fourth-order valence-corrected chi connectivity index (χ4v) is 6.48. The number of carbonyl (C=O) groups excluding carboxylic acids is 4. The number of benzene rings is 2. The number of methoxy groups -OCH3 is 1. The van der Waals surface area contributed by atoms with Crippen LogP contribution in [-0.2, 0) is 59.8 Å². The van der Waals surface area contributed by atoms with Gasteiger partial charge in [0.1, 0.15) is 30.3 Å². The molecule has 45 heavy (non-hydrogen) atoms. The zero-order valence-corrected chi connectivity index (χ0v) is 26.4. The Labute approximate surface area is 262 Å². The third-order valence-electron chi connectivity index (χ3n) is 8.79. The minimum atomic E-state index is -1.82. The molecule has 2 heterocycles. The van der Waals surface area contributed by atoms with Crippen LogP contribution < -0.4 is 4.74 Å². The van der Waals surface area contributed by atoms with E-state index < -0.39 is 53.7 Å². The summed E-state index contributed by atoms with van der Waals surface area (Å²) in [4.78, 5) is 49.4. The van der Waals surface area contributed by atoms with Crippen LogP contribution in [0.3, 0.4) is 0 Å². The number of rotatable bonds is 11. The summed E-state index contributed by atoms with van der Waals surface area (Å²) in [7, 11) is 1.37. The van der Waals surface area contributed by atoms with Crippen LogP contribution in [0.4, 0.5) is 0 Å². The Bertz CT molecular complexity index is 1430. The summed E-state index contributed by atoms with van der Waals surface area (Å²) in [5.41, 5.74) is 3.43. The second kappa shape index (κ2) is 13.3. The van der Waals surface area contributed by atoms with E-state index in [1.54, 1.807) is 6.07 Å². The third kappa shape index (κ3) is 6.90. The first-order valence-corrected chi connectivity index (χ1v) is 15.1. The van der Waals surface area contributed by atoms with Gasteiger partial charge in [0.05, 0.1) is 19.1 Å². The molecule has 0 N–H and O–H groups in total. The fourth-order valence-electron chi connectivity index (χ4n) is 6.48. The summed E-state index contributed by atoms with van der Waals surface area (Å²) >= 11 is 0. The average Bonchev–Trinajstić information content (AvgIpc) is 3.37. The highest BCUT2D eigenvalue weighted by Crippen LogP contribution is 2.47. The van der Waals surface area contributed by atoms with Crippen molar-refractivity contribution in [2.45, 2.75) is 71.2 Å². The van der Waals surface area contributed by atoms with E-state index in [1.807, 2.05) is 43.3 Å². The minimum Gasteiger partial charge on any atom is -0.490 e. The molecule has 0 spiro atoms. The largest absolute Gasteiger partial charge is 0.490 e. The van der Waals surface area contributed by atoms with Gasteiger partial charge in [-0.25, -0.2) is 0 Å². The van der Waals surface area contributed by atoms with Crippen molar-refractivity contribution in [1.82, 2.24) is 0 Å². The lowest BCUT2D eigenvalue weighted by atomic mass is 9.79. The quantitative estimate of drug-likeness (QED) is 0.269. The number of aryl methyl sites for hydroxylation is 1. The SMILES string of the molecule is COC1(c2ccc(C)c(Cc3ccc(OC4C5COCC54)cc3)c2)O[C@H](COC(C)=O)[C@@H](C(C)=O)[C@H](OC(C)=O)[C@H]1OC(C)=O. The average molecular weight is 625 g/mol. The number of fused-ring (bicyclic) bond motifs is 1. The molecule has 242 valence electrons. The van der Waals surface area contributed by atoms with Crippen molar-refractivity contribution >= 4 is 23.7 Å². The Balaban J connectivity index is 1.48. The Morgan fingerprint density at radius 3 is 2.11 bits per heavy atom. The van der Waals surface area contributed by atoms with Gasteiger partial charge in [-0.2, -0.15) is 0 Å². The second-order valence-electron chi connectivity index (χ2n) is 12.0. The first-order chi connectivity index (χ1) is 21.4. The maximum Gasteiger partial charge on any atom is 0.303 e. The van der Waals surface area contributed by atoms with Gasteiger partial charge in [0, 0.05) is 45.3 Å². The Morgan fingerprint density at radius 1 is 0.867 bits per heavy atom. The molecule has 1 aliphatic carbocycles. The lowest BCUT2D eigenvalue weighted by Crippen LogP contribution is -2.65. The van der Waals surface area contributed by atoms with Gasteiger partial charge < -0.3 is 33.2 Å². The maximum atomic E-state index is 12.9. The van der Waals surface area contributed by atoms with E-state index in [1.165, 1.54) is 34.8 Å². The van der Waals surface area contributed by atoms with E-state index in [2.05, 4.69) is 0 Å². The number of ether oxygens (including phenoxy) is 7. The van der Waals surface area contributed by atoms with Gasteiger partial charge in [0.25, 0.3) is 0 Å². The molecule has 2 saturated heterocycles. The van der Waals surface area contributed by atoms with Crippen molar-refractivity contribution in [2.24, 2.45) is 17.8 Å². The van der Waals surface area contributed by atoms with E-state index in [0.29, 0.717) is 23.8 Å². The van der Waals surface area contributed by atoms with E-state index in [9.17, 15) is 19.2 Å². The smallest absolute Gasteiger partial charge is 0.303 e. The number of hydrogen-bond donors (Lipinski definition) is 0. The van der Waals surface area contributed by atoms with E-state index in [0.717, 1.165) is 35.7 Å². The molecule has 7 atom stereocenters. The van der Waals surface area contributed by atoms with E-state index >= 15 is 0 Å². The standard InChI is InChI=1S/C34H40O11/c1-18-7-10-25(14-24(18)13-23-8-11-26(12-9-23)44-31-27-15-40-16-28(27)31)34(39-6)33(43-22(5)38)32(42-21(4)37)30(19(2)35)29(45-34)17-41-20(3)36/h7-12,14,27-33H,13,15-17H2,1-6H3/t27?,28?,29-,30-,31?,32+,33-,34?/m1/s1. The number of ketones is 1. The summed E-state index contributed by atoms with van der Waals surface area (Å²) in [6.07, 6.45) is -2.98. The summed E-state index contributed by atoms with van der Waals surface area (Å²) < 4.78 is 40.7. The van der Waals surface area contributed by atoms with Crippen molar-refractivity contribution in [3.63, 3.8) is 0 Å². The van der Waals surface area contributed by atoms with Crippen LogP contribution in [0, 0.1) is 24.7 Å². The van der Waals surface area contributed by atoms with Crippen molar-refractivity contribution in [3.05, 3.63) is 64.7 Å². The number of hydrogen-bond acceptors (Lipinski definition) is 11. The van der Waals surface area contributed by atoms with Crippen LogP contribution in [0.25, 0.3) is 0 Å². The third-order valence-corrected chi connectivity index (χ3v) is 8.79. The highest BCUT2D eigenvalue weighted by atomic mass is 16.7. The molecule has 5 rings (SSSR count). The van der Waals surface area contributed by atoms with Crippen LogP contribution in [0.2, 0.25) is 0 Å². The molecule has 1 saturated carbocycles. The molecule has 3 unspecified atom stereocenters. The van der Waals surface area contributed by atoms with Gasteiger partial charge in [-0.3, -0.25) is 19.2 Å². The molecule has 2 aromatic rings. The molecule has 2 aromatic carbocycles. The van der Waals surface area contributed by atoms with Crippen LogP contribution in [-0.4, -0.2) is 75.0 Å². The monoisotopic (exact) mass is 624 g/mol. The van der Waals surface area contributed by atoms with Crippen molar-refractivity contribution in [3.8, 4) is 5.75 Å². The van der Waals surface area contributed by atoms with Crippen molar-refractivity contribution < 1.29 is 52.3 Å². The highest BCUT2D eigenvalue weighted by Gasteiger charge is 2.61. The van der Waals surface area contributed by atoms with Gasteiger partial charge >= 0.3 is 17.9 Å². The minimum absolute atomic E-state index is 0.220. The fraction of sp³-hybridized carbons (Fsp3) is 0.529. The van der Waals surface area contributed by atoms with Crippen molar-refractivity contribution in [2.75, 3.05) is 26.9 Å². The maximum absolute atomic E-state index is 12.9. The summed E-state index contributed by atoms with van der Waals surface area (Å²) in [5.74, 6) is -3.53. The normalized spacial score (nSPS) is 30.1. The van der Waals surface area contributed by atoms with Gasteiger partial charge in [-0.15, -0.1) is 0 Å². The van der Waals surface area contributed by atoms with Crippen LogP contribution >= 0.6 is 0 Å². The molecular weight excluding hydrogens is 584 g/mol. The summed E-state index contributed by atoms with van der Waals surface area (Å²) in [5, 5.41) is 0. The van der Waals surface area contributed by atoms with Crippen LogP contribution in [0.1, 0.15) is 49.9 Å². The van der Waals surface area contributed by atoms with Crippen LogP contribution in [0.15, 0.2) is 42.5 Å². The molecule has 0 aromatic heterocycles. The molecule has 2 aliphatic heterocycles. The predicted molar refractivity (Wildman–Crippen MR) is 158 cm³/mol. The number of esters is 3. The number of carbonyl (C=O) groups is 4. The lowest BCUT2D eigenvalue weighted by Gasteiger charge is -2.50. The molecule has 0 amide bonds. The zero-order chi connectivity index (χ0) is 32.5. The van der Waals surface area contributed by atoms with Gasteiger partial charge in [-0.05, 0) is 55.2 Å². The van der Waals surface area contributed by atoms with Crippen molar-refractivity contribution in [1.29, 1.82) is 0 Å². The van der Waals surface area contributed by atoms with Gasteiger partial charge in [0.2, 0.25) is 5.79 Å². The molecule has 11 heteroatoms. The zero-order valence-electron chi connectivity index (χ0n) is 26.4. The molecule has 3 aliphatic rings. The Hall–Kier alpha value is -3.80. The summed E-state index contributed by atoms with van der Waals surface area (Å²) in [6, 6.07) is 13.5. The molecule has 0 bridgehead atoms. The first-order valence-electron chi connectivity index (χ1n) is 15.1. The summed E-state index contributed by atoms with van der Waals surface area (Å²) in [6.45, 7) is 8.11. The second-order valence-corrected chi connectivity index (χ2v) is 12.0. The molecule has 11 nitrogen and oxygen atoms in total. The number of Topliss-reactive ketones (excluding diaryl/α,β-unsaturated/α-hetero) is 1. The van der Waals surface area contributed by atoms with E-state index in [-0.39, 0.29) is 12.7 Å². The molecule has 3 fully saturated rings. The van der Waals surface area contributed by atoms with Gasteiger partial charge in [-0.1, -0.05) is 24.3 Å². The lowest BCUT2D eigenvalue weighted by molar-refractivity contribution is -0.356. The highest BCUT2D eigenvalue weighted by molar-refractivity contribution is 5.81. The Morgan fingerprint density at radius 2 is 1.53 bits per heavy atom. The topological polar surface area (TPSA) is 133 Å². The first kappa shape index (κ1) is 32.6. The van der Waals surface area contributed by atoms with E-state index in [4.69, 9.17) is 33.2 Å². The predicted octanol–water partition coefficient (Wildman–Crippen LogP) is 3.44. The van der Waals surface area contributed by atoms with Crippen LogP contribution in [0.5, 0.6) is 5.75 Å². The Kier molecular flexibility index (Phi) is 9.62. The molecular formula is C34H40O11. The van der Waals surface area contributed by atoms with Gasteiger partial charge in [0.15, 0.2) is 12.2 Å².